The van der Waals surface area contributed by atoms with Crippen molar-refractivity contribution in [1.82, 2.24) is 9.80 Å². The Morgan fingerprint density at radius 3 is 2.16 bits per heavy atom. The zero-order valence-corrected chi connectivity index (χ0v) is 22.3. The summed E-state index contributed by atoms with van der Waals surface area (Å²) in [7, 11) is 0. The highest BCUT2D eigenvalue weighted by atomic mass is 16.6. The molecule has 2 aromatic carbocycles. The molecule has 1 N–H and O–H groups in total. The molecule has 1 aliphatic rings. The molecule has 0 aliphatic carbocycles. The van der Waals surface area contributed by atoms with Gasteiger partial charge in [-0.1, -0.05) is 74.5 Å². The summed E-state index contributed by atoms with van der Waals surface area (Å²) in [4.78, 5) is 42.0. The fraction of sp³-hybridized carbons (Fsp3) is 0.483. The van der Waals surface area contributed by atoms with Crippen LogP contribution in [0.4, 0.5) is 9.59 Å². The summed E-state index contributed by atoms with van der Waals surface area (Å²) in [5, 5.41) is 11.5. The van der Waals surface area contributed by atoms with Gasteiger partial charge in [0.25, 0.3) is 0 Å². The van der Waals surface area contributed by atoms with Crippen LogP contribution in [0.3, 0.4) is 0 Å². The number of benzene rings is 2. The van der Waals surface area contributed by atoms with Crippen molar-refractivity contribution in [3.05, 3.63) is 71.8 Å². The van der Waals surface area contributed by atoms with Gasteiger partial charge in [-0.05, 0) is 44.2 Å². The summed E-state index contributed by atoms with van der Waals surface area (Å²) in [6.07, 6.45) is -2.36. The molecule has 1 saturated heterocycles. The molecule has 2 aromatic rings. The number of carbonyl (C=O) groups is 3. The van der Waals surface area contributed by atoms with E-state index in [1.807, 2.05) is 74.5 Å². The molecule has 0 radical (unpaired) electrons. The van der Waals surface area contributed by atoms with Gasteiger partial charge in [-0.25, -0.2) is 14.5 Å². The van der Waals surface area contributed by atoms with E-state index in [1.54, 1.807) is 20.8 Å². The van der Waals surface area contributed by atoms with Gasteiger partial charge in [0.15, 0.2) is 0 Å². The van der Waals surface area contributed by atoms with E-state index in [-0.39, 0.29) is 32.0 Å². The topological polar surface area (TPSA) is 96.4 Å². The summed E-state index contributed by atoms with van der Waals surface area (Å²) in [6, 6.07) is 18.3. The lowest BCUT2D eigenvalue weighted by Gasteiger charge is -2.33. The Hall–Kier alpha value is -3.39. The zero-order chi connectivity index (χ0) is 27.2. The first-order valence-electron chi connectivity index (χ1n) is 12.7. The normalized spacial score (nSPS) is 17.3. The van der Waals surface area contributed by atoms with E-state index >= 15 is 0 Å². The highest BCUT2D eigenvalue weighted by Gasteiger charge is 2.44. The van der Waals surface area contributed by atoms with Crippen molar-refractivity contribution in [3.63, 3.8) is 0 Å². The molecule has 0 aromatic heterocycles. The second-order valence-corrected chi connectivity index (χ2v) is 10.8. The molecule has 1 heterocycles. The number of nitrogens with zero attached hydrogens (tertiary/aromatic N) is 2. The molecule has 0 spiro atoms. The molecule has 3 amide bonds. The van der Waals surface area contributed by atoms with Crippen LogP contribution < -0.4 is 0 Å². The molecule has 0 bridgehead atoms. The van der Waals surface area contributed by atoms with Crippen LogP contribution in [-0.4, -0.2) is 63.9 Å². The van der Waals surface area contributed by atoms with Gasteiger partial charge in [0.1, 0.15) is 12.2 Å². The van der Waals surface area contributed by atoms with E-state index in [9.17, 15) is 19.5 Å². The van der Waals surface area contributed by atoms with Gasteiger partial charge in [-0.15, -0.1) is 0 Å². The van der Waals surface area contributed by atoms with Gasteiger partial charge >= 0.3 is 12.2 Å². The number of aliphatic hydroxyl groups is 1. The zero-order valence-electron chi connectivity index (χ0n) is 22.3. The fourth-order valence-electron chi connectivity index (χ4n) is 4.30. The maximum atomic E-state index is 13.8. The van der Waals surface area contributed by atoms with E-state index in [4.69, 9.17) is 9.47 Å². The average Bonchev–Trinajstić information content (AvgIpc) is 3.23. The highest BCUT2D eigenvalue weighted by molar-refractivity contribution is 5.95. The van der Waals surface area contributed by atoms with E-state index in [2.05, 4.69) is 0 Å². The Kier molecular flexibility index (Phi) is 9.32. The summed E-state index contributed by atoms with van der Waals surface area (Å²) in [6.45, 7) is 9.31. The molecule has 0 unspecified atom stereocenters. The van der Waals surface area contributed by atoms with Crippen LogP contribution >= 0.6 is 0 Å². The third kappa shape index (κ3) is 7.79. The number of hydrogen-bond donors (Lipinski definition) is 1. The Balaban J connectivity index is 1.90. The van der Waals surface area contributed by atoms with Crippen LogP contribution in [0.2, 0.25) is 0 Å². The highest BCUT2D eigenvalue weighted by Crippen LogP contribution is 2.26. The van der Waals surface area contributed by atoms with Crippen molar-refractivity contribution in [2.45, 2.75) is 65.3 Å². The first kappa shape index (κ1) is 28.2. The van der Waals surface area contributed by atoms with Gasteiger partial charge in [-0.2, -0.15) is 0 Å². The van der Waals surface area contributed by atoms with E-state index in [0.29, 0.717) is 0 Å². The molecule has 3 rings (SSSR count). The molecule has 37 heavy (non-hydrogen) atoms. The van der Waals surface area contributed by atoms with Gasteiger partial charge in [0.2, 0.25) is 5.91 Å². The van der Waals surface area contributed by atoms with Crippen molar-refractivity contribution in [2.24, 2.45) is 11.8 Å². The molecule has 1 fully saturated rings. The average molecular weight is 511 g/mol. The molecular formula is C29H38N2O6. The van der Waals surface area contributed by atoms with Crippen molar-refractivity contribution < 1.29 is 29.0 Å². The summed E-state index contributed by atoms with van der Waals surface area (Å²) in [5.74, 6) is -1.50. The third-order valence-electron chi connectivity index (χ3n) is 6.27. The van der Waals surface area contributed by atoms with Crippen LogP contribution in [0, 0.1) is 11.8 Å². The molecule has 200 valence electrons. The van der Waals surface area contributed by atoms with Crippen molar-refractivity contribution in [1.29, 1.82) is 0 Å². The SMILES string of the molecule is CC(C)[C@@H]1COC(=O)N1C(=O)[C@@H](Cc1ccccc1)[C@H](O)CN(Cc1ccccc1)C(=O)OC(C)(C)C. The lowest BCUT2D eigenvalue weighted by molar-refractivity contribution is -0.138. The fourth-order valence-corrected chi connectivity index (χ4v) is 4.30. The summed E-state index contributed by atoms with van der Waals surface area (Å²) < 4.78 is 10.8. The number of cyclic esters (lactones) is 1. The number of amides is 3. The Bertz CT molecular complexity index is 1050. The largest absolute Gasteiger partial charge is 0.447 e. The number of aliphatic hydroxyl groups excluding tert-OH is 1. The van der Waals surface area contributed by atoms with Crippen LogP contribution in [0.1, 0.15) is 45.7 Å². The molecule has 0 saturated carbocycles. The Morgan fingerprint density at radius 2 is 1.62 bits per heavy atom. The van der Waals surface area contributed by atoms with Gasteiger partial charge in [0, 0.05) is 6.54 Å². The number of carbonyl (C=O) groups excluding carboxylic acids is 3. The minimum atomic E-state index is -1.26. The van der Waals surface area contributed by atoms with Gasteiger partial charge in [0.05, 0.1) is 24.6 Å². The quantitative estimate of drug-likeness (QED) is 0.528. The lowest BCUT2D eigenvalue weighted by atomic mass is 9.91. The minimum Gasteiger partial charge on any atom is -0.447 e. The third-order valence-corrected chi connectivity index (χ3v) is 6.27. The summed E-state index contributed by atoms with van der Waals surface area (Å²) in [5.41, 5.74) is 0.954. The minimum absolute atomic E-state index is 0.0127. The van der Waals surface area contributed by atoms with E-state index < -0.39 is 41.8 Å². The van der Waals surface area contributed by atoms with Crippen LogP contribution in [-0.2, 0) is 27.2 Å². The number of ether oxygens (including phenoxy) is 2. The summed E-state index contributed by atoms with van der Waals surface area (Å²) >= 11 is 0. The van der Waals surface area contributed by atoms with Crippen molar-refractivity contribution in [2.75, 3.05) is 13.2 Å². The van der Waals surface area contributed by atoms with Crippen LogP contribution in [0.5, 0.6) is 0 Å². The Morgan fingerprint density at radius 1 is 1.05 bits per heavy atom. The maximum Gasteiger partial charge on any atom is 0.416 e. The second kappa shape index (κ2) is 12.2. The number of rotatable bonds is 9. The molecule has 8 heteroatoms. The first-order valence-corrected chi connectivity index (χ1v) is 12.7. The van der Waals surface area contributed by atoms with Crippen LogP contribution in [0.25, 0.3) is 0 Å². The van der Waals surface area contributed by atoms with Gasteiger partial charge < -0.3 is 19.5 Å². The first-order chi connectivity index (χ1) is 17.5. The Labute approximate surface area is 219 Å². The molecular weight excluding hydrogens is 472 g/mol. The monoisotopic (exact) mass is 510 g/mol. The lowest BCUT2D eigenvalue weighted by Crippen LogP contribution is -2.51. The van der Waals surface area contributed by atoms with E-state index in [0.717, 1.165) is 16.0 Å². The predicted molar refractivity (Wildman–Crippen MR) is 140 cm³/mol. The number of hydrogen-bond acceptors (Lipinski definition) is 6. The van der Waals surface area contributed by atoms with E-state index in [1.165, 1.54) is 4.90 Å². The molecule has 8 nitrogen and oxygen atoms in total. The van der Waals surface area contributed by atoms with Crippen molar-refractivity contribution >= 4 is 18.1 Å². The predicted octanol–water partition coefficient (Wildman–Crippen LogP) is 4.65. The number of imide groups is 1. The second-order valence-electron chi connectivity index (χ2n) is 10.8. The molecule has 1 aliphatic heterocycles. The maximum absolute atomic E-state index is 13.8. The standard InChI is InChI=1S/C29H38N2O6/c1-20(2)24-19-36-28(35)31(24)26(33)23(16-21-12-8-6-9-13-21)25(32)18-30(27(34)37-29(3,4)5)17-22-14-10-7-11-15-22/h6-15,20,23-25,32H,16-19H2,1-5H3/t23-,24-,25+/m0/s1. The van der Waals surface area contributed by atoms with Crippen LogP contribution in [0.15, 0.2) is 60.7 Å². The smallest absolute Gasteiger partial charge is 0.416 e. The van der Waals surface area contributed by atoms with Gasteiger partial charge in [-0.3, -0.25) is 4.79 Å². The van der Waals surface area contributed by atoms with Crippen molar-refractivity contribution in [3.8, 4) is 0 Å². The molecule has 3 atom stereocenters.